The topological polar surface area (TPSA) is 34.9 Å². The molecule has 4 heteroatoms. The molecule has 2 aromatic rings. The zero-order valence-corrected chi connectivity index (χ0v) is 11.5. The van der Waals surface area contributed by atoms with Crippen molar-refractivity contribution < 1.29 is 0 Å². The maximum absolute atomic E-state index is 12.4. The van der Waals surface area contributed by atoms with Crippen LogP contribution in [0.2, 0.25) is 0 Å². The van der Waals surface area contributed by atoms with Gasteiger partial charge in [-0.3, -0.25) is 9.36 Å². The standard InChI is InChI=1S/C15H16N2OS/c18-15-14(19-11-12-5-4-6-12)16-9-10-17(15)13-7-2-1-3-8-13/h1-3,7-10,12H,4-6,11H2. The third-order valence-corrected chi connectivity index (χ3v) is 4.72. The quantitative estimate of drug-likeness (QED) is 0.802. The number of rotatable bonds is 4. The van der Waals surface area contributed by atoms with Crippen LogP contribution in [-0.4, -0.2) is 15.3 Å². The lowest BCUT2D eigenvalue weighted by molar-refractivity contribution is 0.353. The first-order valence-corrected chi connectivity index (χ1v) is 7.59. The fourth-order valence-electron chi connectivity index (χ4n) is 2.14. The second-order valence-corrected chi connectivity index (χ2v) is 5.86. The summed E-state index contributed by atoms with van der Waals surface area (Å²) in [4.78, 5) is 16.6. The highest BCUT2D eigenvalue weighted by molar-refractivity contribution is 7.99. The Morgan fingerprint density at radius 1 is 1.26 bits per heavy atom. The number of benzene rings is 1. The first kappa shape index (κ1) is 12.5. The molecular weight excluding hydrogens is 256 g/mol. The van der Waals surface area contributed by atoms with E-state index in [4.69, 9.17) is 0 Å². The minimum absolute atomic E-state index is 0.0157. The Morgan fingerprint density at radius 3 is 2.74 bits per heavy atom. The van der Waals surface area contributed by atoms with E-state index in [1.807, 2.05) is 30.3 Å². The Bertz CT molecular complexity index is 605. The number of nitrogens with zero attached hydrogens (tertiary/aromatic N) is 2. The van der Waals surface area contributed by atoms with E-state index in [9.17, 15) is 4.79 Å². The van der Waals surface area contributed by atoms with E-state index in [1.54, 1.807) is 28.7 Å². The van der Waals surface area contributed by atoms with Crippen LogP contribution in [0.15, 0.2) is 52.5 Å². The van der Waals surface area contributed by atoms with Gasteiger partial charge >= 0.3 is 0 Å². The molecule has 0 bridgehead atoms. The van der Waals surface area contributed by atoms with Gasteiger partial charge in [0.05, 0.1) is 0 Å². The Kier molecular flexibility index (Phi) is 3.69. The molecule has 1 aromatic heterocycles. The van der Waals surface area contributed by atoms with Gasteiger partial charge in [0.25, 0.3) is 5.56 Å². The van der Waals surface area contributed by atoms with Crippen molar-refractivity contribution in [1.29, 1.82) is 0 Å². The monoisotopic (exact) mass is 272 g/mol. The van der Waals surface area contributed by atoms with Gasteiger partial charge in [-0.2, -0.15) is 0 Å². The highest BCUT2D eigenvalue weighted by Crippen LogP contribution is 2.31. The van der Waals surface area contributed by atoms with E-state index in [2.05, 4.69) is 4.98 Å². The molecule has 98 valence electrons. The number of aromatic nitrogens is 2. The van der Waals surface area contributed by atoms with Crippen LogP contribution in [-0.2, 0) is 0 Å². The van der Waals surface area contributed by atoms with E-state index in [-0.39, 0.29) is 5.56 Å². The lowest BCUT2D eigenvalue weighted by atomic mass is 9.87. The van der Waals surface area contributed by atoms with E-state index in [0.29, 0.717) is 5.03 Å². The molecule has 0 unspecified atom stereocenters. The van der Waals surface area contributed by atoms with Crippen LogP contribution in [0.25, 0.3) is 5.69 Å². The van der Waals surface area contributed by atoms with Crippen LogP contribution in [0.5, 0.6) is 0 Å². The van der Waals surface area contributed by atoms with Crippen molar-refractivity contribution in [3.63, 3.8) is 0 Å². The minimum Gasteiger partial charge on any atom is -0.280 e. The first-order valence-electron chi connectivity index (χ1n) is 6.60. The van der Waals surface area contributed by atoms with Crippen LogP contribution in [0, 0.1) is 5.92 Å². The first-order chi connectivity index (χ1) is 9.34. The summed E-state index contributed by atoms with van der Waals surface area (Å²) in [6.45, 7) is 0. The van der Waals surface area contributed by atoms with Gasteiger partial charge in [0.2, 0.25) is 0 Å². The van der Waals surface area contributed by atoms with Crippen molar-refractivity contribution >= 4 is 11.8 Å². The van der Waals surface area contributed by atoms with E-state index in [0.717, 1.165) is 17.4 Å². The number of hydrogen-bond donors (Lipinski definition) is 0. The summed E-state index contributed by atoms with van der Waals surface area (Å²) in [6, 6.07) is 9.68. The Labute approximate surface area is 116 Å². The summed E-state index contributed by atoms with van der Waals surface area (Å²) in [7, 11) is 0. The molecule has 1 aliphatic carbocycles. The normalized spacial score (nSPS) is 15.2. The second kappa shape index (κ2) is 5.61. The van der Waals surface area contributed by atoms with Gasteiger partial charge in [-0.25, -0.2) is 4.98 Å². The molecule has 0 atom stereocenters. The summed E-state index contributed by atoms with van der Waals surface area (Å²) < 4.78 is 1.66. The zero-order valence-electron chi connectivity index (χ0n) is 10.7. The van der Waals surface area contributed by atoms with Crippen LogP contribution >= 0.6 is 11.8 Å². The van der Waals surface area contributed by atoms with Gasteiger partial charge in [0, 0.05) is 23.8 Å². The van der Waals surface area contributed by atoms with Crippen molar-refractivity contribution in [2.24, 2.45) is 5.92 Å². The SMILES string of the molecule is O=c1c(SCC2CCC2)nccn1-c1ccccc1. The molecule has 1 heterocycles. The molecule has 1 fully saturated rings. The highest BCUT2D eigenvalue weighted by atomic mass is 32.2. The van der Waals surface area contributed by atoms with Gasteiger partial charge < -0.3 is 0 Å². The Morgan fingerprint density at radius 2 is 2.05 bits per heavy atom. The third kappa shape index (κ3) is 2.73. The van der Waals surface area contributed by atoms with Crippen molar-refractivity contribution in [2.75, 3.05) is 5.75 Å². The molecule has 1 aromatic carbocycles. The van der Waals surface area contributed by atoms with Gasteiger partial charge in [-0.1, -0.05) is 24.6 Å². The molecule has 3 rings (SSSR count). The molecule has 0 radical (unpaired) electrons. The molecule has 0 saturated heterocycles. The fraction of sp³-hybridized carbons (Fsp3) is 0.333. The highest BCUT2D eigenvalue weighted by Gasteiger charge is 2.18. The summed E-state index contributed by atoms with van der Waals surface area (Å²) >= 11 is 1.60. The molecule has 0 spiro atoms. The predicted molar refractivity (Wildman–Crippen MR) is 77.9 cm³/mol. The zero-order chi connectivity index (χ0) is 13.1. The summed E-state index contributed by atoms with van der Waals surface area (Å²) in [5, 5.41) is 0.609. The smallest absolute Gasteiger partial charge is 0.280 e. The van der Waals surface area contributed by atoms with Gasteiger partial charge in [-0.05, 0) is 30.9 Å². The maximum Gasteiger partial charge on any atom is 0.287 e. The van der Waals surface area contributed by atoms with E-state index < -0.39 is 0 Å². The molecule has 3 nitrogen and oxygen atoms in total. The van der Waals surface area contributed by atoms with Crippen LogP contribution in [0.4, 0.5) is 0 Å². The van der Waals surface area contributed by atoms with Crippen LogP contribution in [0.1, 0.15) is 19.3 Å². The van der Waals surface area contributed by atoms with Gasteiger partial charge in [0.1, 0.15) is 0 Å². The number of para-hydroxylation sites is 1. The average Bonchev–Trinajstić information content (AvgIpc) is 2.40. The average molecular weight is 272 g/mol. The van der Waals surface area contributed by atoms with Crippen molar-refractivity contribution in [3.05, 3.63) is 53.1 Å². The van der Waals surface area contributed by atoms with Crippen LogP contribution in [0.3, 0.4) is 0 Å². The lowest BCUT2D eigenvalue weighted by Crippen LogP contribution is -2.21. The summed E-state index contributed by atoms with van der Waals surface area (Å²) in [6.07, 6.45) is 7.36. The maximum atomic E-state index is 12.4. The van der Waals surface area contributed by atoms with Crippen molar-refractivity contribution in [1.82, 2.24) is 9.55 Å². The van der Waals surface area contributed by atoms with Gasteiger partial charge in [-0.15, -0.1) is 11.8 Å². The Hall–Kier alpha value is -1.55. The second-order valence-electron chi connectivity index (χ2n) is 4.85. The molecule has 0 amide bonds. The molecule has 0 aliphatic heterocycles. The van der Waals surface area contributed by atoms with Crippen LogP contribution < -0.4 is 5.56 Å². The third-order valence-electron chi connectivity index (χ3n) is 3.52. The number of hydrogen-bond acceptors (Lipinski definition) is 3. The molecule has 1 saturated carbocycles. The Balaban J connectivity index is 1.84. The molecule has 0 N–H and O–H groups in total. The van der Waals surface area contributed by atoms with Gasteiger partial charge in [0.15, 0.2) is 5.03 Å². The largest absolute Gasteiger partial charge is 0.287 e. The lowest BCUT2D eigenvalue weighted by Gasteiger charge is -2.24. The van der Waals surface area contributed by atoms with E-state index >= 15 is 0 Å². The van der Waals surface area contributed by atoms with Crippen molar-refractivity contribution in [3.8, 4) is 5.69 Å². The van der Waals surface area contributed by atoms with E-state index in [1.165, 1.54) is 19.3 Å². The minimum atomic E-state index is -0.0157. The predicted octanol–water partition coefficient (Wildman–Crippen LogP) is 3.12. The molecule has 19 heavy (non-hydrogen) atoms. The summed E-state index contributed by atoms with van der Waals surface area (Å²) in [5.74, 6) is 1.79. The summed E-state index contributed by atoms with van der Waals surface area (Å²) in [5.41, 5.74) is 0.874. The van der Waals surface area contributed by atoms with Crippen molar-refractivity contribution in [2.45, 2.75) is 24.3 Å². The number of thioether (sulfide) groups is 1. The fourth-order valence-corrected chi connectivity index (χ4v) is 3.22. The molecular formula is C15H16N2OS. The molecule has 1 aliphatic rings.